The van der Waals surface area contributed by atoms with Gasteiger partial charge in [-0.05, 0) is 48.0 Å². The number of nitrogens with zero attached hydrogens (tertiary/aromatic N) is 2. The quantitative estimate of drug-likeness (QED) is 0.432. The van der Waals surface area contributed by atoms with E-state index in [-0.39, 0.29) is 28.2 Å². The molecule has 10 nitrogen and oxygen atoms in total. The largest absolute Gasteiger partial charge is 0.478 e. The number of esters is 2. The van der Waals surface area contributed by atoms with Gasteiger partial charge in [-0.1, -0.05) is 36.4 Å². The Hall–Kier alpha value is -5.56. The van der Waals surface area contributed by atoms with E-state index in [0.29, 0.717) is 22.7 Å². The molecular formula is C29H23N3O7. The average Bonchev–Trinajstić information content (AvgIpc) is 2.96. The Morgan fingerprint density at radius 1 is 0.897 bits per heavy atom. The molecule has 1 aliphatic heterocycles. The molecule has 3 N–H and O–H groups in total. The molecule has 4 rings (SSSR count). The number of carboxylic acid groups (broad SMARTS) is 1. The summed E-state index contributed by atoms with van der Waals surface area (Å²) in [4.78, 5) is 38.8. The number of carbonyl (C=O) groups excluding carboxylic acids is 2. The molecular weight excluding hydrogens is 502 g/mol. The van der Waals surface area contributed by atoms with Crippen LogP contribution in [0.4, 0.5) is 5.69 Å². The van der Waals surface area contributed by atoms with Crippen LogP contribution in [0.1, 0.15) is 21.8 Å². The summed E-state index contributed by atoms with van der Waals surface area (Å²) in [5.41, 5.74) is 7.19. The smallest absolute Gasteiger partial charge is 0.355 e. The highest BCUT2D eigenvalue weighted by atomic mass is 16.5. The molecule has 0 saturated heterocycles. The van der Waals surface area contributed by atoms with Gasteiger partial charge in [-0.25, -0.2) is 14.4 Å². The summed E-state index contributed by atoms with van der Waals surface area (Å²) in [7, 11) is 2.34. The lowest BCUT2D eigenvalue weighted by Gasteiger charge is -2.35. The van der Waals surface area contributed by atoms with Crippen molar-refractivity contribution in [1.82, 2.24) is 0 Å². The van der Waals surface area contributed by atoms with Crippen LogP contribution >= 0.6 is 0 Å². The standard InChI is InChI=1S/C29H23N3O7/c1-37-28(35)24-23(17-7-4-3-5-8-17)22(16-30)26(31)32(25(24)29(36)38-2)19-11-13-20(14-12-19)39-21-10-6-9-18(15-21)27(33)34/h3-15,23H,31H2,1-2H3,(H,33,34). The van der Waals surface area contributed by atoms with Crippen LogP contribution in [0.3, 0.4) is 0 Å². The van der Waals surface area contributed by atoms with Gasteiger partial charge in [-0.2, -0.15) is 5.26 Å². The first-order chi connectivity index (χ1) is 18.8. The van der Waals surface area contributed by atoms with Crippen LogP contribution in [-0.2, 0) is 19.1 Å². The second-order valence-corrected chi connectivity index (χ2v) is 8.26. The van der Waals surface area contributed by atoms with E-state index in [1.54, 1.807) is 66.7 Å². The number of carboxylic acids is 1. The molecule has 196 valence electrons. The van der Waals surface area contributed by atoms with E-state index < -0.39 is 23.8 Å². The van der Waals surface area contributed by atoms with Gasteiger partial charge in [0, 0.05) is 5.69 Å². The van der Waals surface area contributed by atoms with Crippen molar-refractivity contribution in [3.05, 3.63) is 113 Å². The summed E-state index contributed by atoms with van der Waals surface area (Å²) in [5.74, 6) is -3.15. The maximum atomic E-state index is 13.1. The Kier molecular flexibility index (Phi) is 7.63. The Balaban J connectivity index is 1.83. The number of anilines is 1. The van der Waals surface area contributed by atoms with Crippen molar-refractivity contribution < 1.29 is 33.7 Å². The van der Waals surface area contributed by atoms with Crippen LogP contribution < -0.4 is 15.4 Å². The predicted molar refractivity (Wildman–Crippen MR) is 139 cm³/mol. The Labute approximate surface area is 223 Å². The lowest BCUT2D eigenvalue weighted by atomic mass is 9.81. The summed E-state index contributed by atoms with van der Waals surface area (Å²) in [6, 6.07) is 23.0. The zero-order valence-corrected chi connectivity index (χ0v) is 21.0. The fraction of sp³-hybridized carbons (Fsp3) is 0.103. The van der Waals surface area contributed by atoms with Crippen molar-refractivity contribution in [3.8, 4) is 17.6 Å². The molecule has 3 aromatic rings. The number of carbonyl (C=O) groups is 3. The van der Waals surface area contributed by atoms with Crippen LogP contribution in [-0.4, -0.2) is 37.2 Å². The molecule has 1 atom stereocenters. The number of rotatable bonds is 7. The highest BCUT2D eigenvalue weighted by Crippen LogP contribution is 2.43. The third-order valence-electron chi connectivity index (χ3n) is 6.02. The topological polar surface area (TPSA) is 152 Å². The first kappa shape index (κ1) is 26.5. The Bertz CT molecular complexity index is 1540. The number of ether oxygens (including phenoxy) is 3. The second kappa shape index (κ2) is 11.2. The molecule has 0 fully saturated rings. The van der Waals surface area contributed by atoms with Crippen molar-refractivity contribution in [2.45, 2.75) is 5.92 Å². The van der Waals surface area contributed by atoms with Crippen LogP contribution in [0.5, 0.6) is 11.5 Å². The van der Waals surface area contributed by atoms with Crippen LogP contribution in [0.25, 0.3) is 0 Å². The highest BCUT2D eigenvalue weighted by Gasteiger charge is 2.42. The molecule has 3 aromatic carbocycles. The Morgan fingerprint density at radius 3 is 2.15 bits per heavy atom. The van der Waals surface area contributed by atoms with Gasteiger partial charge in [-0.15, -0.1) is 0 Å². The van der Waals surface area contributed by atoms with Gasteiger partial charge in [0.1, 0.15) is 23.0 Å². The fourth-order valence-corrected chi connectivity index (χ4v) is 4.27. The molecule has 1 heterocycles. The molecule has 39 heavy (non-hydrogen) atoms. The molecule has 0 aliphatic carbocycles. The lowest BCUT2D eigenvalue weighted by Crippen LogP contribution is -2.40. The van der Waals surface area contributed by atoms with E-state index in [1.165, 1.54) is 31.3 Å². The van der Waals surface area contributed by atoms with Gasteiger partial charge >= 0.3 is 17.9 Å². The molecule has 0 bridgehead atoms. The summed E-state index contributed by atoms with van der Waals surface area (Å²) in [6.45, 7) is 0. The van der Waals surface area contributed by atoms with Gasteiger partial charge in [-0.3, -0.25) is 4.90 Å². The minimum absolute atomic E-state index is 0.0417. The van der Waals surface area contributed by atoms with Crippen LogP contribution in [0.15, 0.2) is 102 Å². The van der Waals surface area contributed by atoms with E-state index >= 15 is 0 Å². The van der Waals surface area contributed by atoms with Crippen molar-refractivity contribution in [2.75, 3.05) is 19.1 Å². The summed E-state index contributed by atoms with van der Waals surface area (Å²) >= 11 is 0. The average molecular weight is 526 g/mol. The van der Waals surface area contributed by atoms with E-state index in [1.807, 2.05) is 0 Å². The van der Waals surface area contributed by atoms with Crippen molar-refractivity contribution in [3.63, 3.8) is 0 Å². The van der Waals surface area contributed by atoms with Gasteiger partial charge in [0.2, 0.25) is 0 Å². The predicted octanol–water partition coefficient (Wildman–Crippen LogP) is 4.07. The minimum Gasteiger partial charge on any atom is -0.478 e. The van der Waals surface area contributed by atoms with Gasteiger partial charge < -0.3 is 25.1 Å². The van der Waals surface area contributed by atoms with Crippen LogP contribution in [0, 0.1) is 11.3 Å². The maximum absolute atomic E-state index is 13.1. The Morgan fingerprint density at radius 2 is 1.56 bits per heavy atom. The number of allylic oxidation sites excluding steroid dienone is 1. The van der Waals surface area contributed by atoms with Crippen molar-refractivity contribution in [2.24, 2.45) is 5.73 Å². The van der Waals surface area contributed by atoms with E-state index in [2.05, 4.69) is 6.07 Å². The molecule has 10 heteroatoms. The van der Waals surface area contributed by atoms with Crippen molar-refractivity contribution >= 4 is 23.6 Å². The molecule has 0 saturated carbocycles. The number of hydrogen-bond donors (Lipinski definition) is 2. The normalized spacial score (nSPS) is 14.9. The van der Waals surface area contributed by atoms with Gasteiger partial charge in [0.15, 0.2) is 0 Å². The summed E-state index contributed by atoms with van der Waals surface area (Å²) in [5, 5.41) is 19.3. The first-order valence-corrected chi connectivity index (χ1v) is 11.6. The number of aromatic carboxylic acids is 1. The van der Waals surface area contributed by atoms with E-state index in [9.17, 15) is 24.8 Å². The van der Waals surface area contributed by atoms with Crippen molar-refractivity contribution in [1.29, 1.82) is 5.26 Å². The molecule has 0 radical (unpaired) electrons. The molecule has 0 spiro atoms. The number of nitriles is 1. The zero-order chi connectivity index (χ0) is 28.1. The SMILES string of the molecule is COC(=O)C1=C(C(=O)OC)N(c2ccc(Oc3cccc(C(=O)O)c3)cc2)C(N)=C(C#N)C1c1ccccc1. The van der Waals surface area contributed by atoms with Gasteiger partial charge in [0.25, 0.3) is 0 Å². The molecule has 0 amide bonds. The number of methoxy groups -OCH3 is 2. The third-order valence-corrected chi connectivity index (χ3v) is 6.02. The molecule has 1 unspecified atom stereocenters. The number of benzene rings is 3. The molecule has 0 aromatic heterocycles. The maximum Gasteiger partial charge on any atom is 0.355 e. The minimum atomic E-state index is -1.09. The number of nitrogens with two attached hydrogens (primary N) is 1. The summed E-state index contributed by atoms with van der Waals surface area (Å²) in [6.07, 6.45) is 0. The van der Waals surface area contributed by atoms with Crippen LogP contribution in [0.2, 0.25) is 0 Å². The second-order valence-electron chi connectivity index (χ2n) is 8.26. The lowest BCUT2D eigenvalue weighted by molar-refractivity contribution is -0.139. The molecule has 1 aliphatic rings. The van der Waals surface area contributed by atoms with Gasteiger partial charge in [0.05, 0.1) is 42.9 Å². The first-order valence-electron chi connectivity index (χ1n) is 11.6. The third kappa shape index (κ3) is 5.14. The highest BCUT2D eigenvalue weighted by molar-refractivity contribution is 6.06. The van der Waals surface area contributed by atoms with E-state index in [4.69, 9.17) is 19.9 Å². The fourth-order valence-electron chi connectivity index (χ4n) is 4.27. The summed E-state index contributed by atoms with van der Waals surface area (Å²) < 4.78 is 15.8. The monoisotopic (exact) mass is 525 g/mol. The zero-order valence-electron chi connectivity index (χ0n) is 21.0. The number of hydrogen-bond acceptors (Lipinski definition) is 9. The van der Waals surface area contributed by atoms with E-state index in [0.717, 1.165) is 0 Å².